The molecule has 1 aromatic carbocycles. The van der Waals surface area contributed by atoms with Gasteiger partial charge in [0.2, 0.25) is 0 Å². The van der Waals surface area contributed by atoms with E-state index < -0.39 is 0 Å². The van der Waals surface area contributed by atoms with Crippen LogP contribution in [0.5, 0.6) is 0 Å². The topological polar surface area (TPSA) is 17.1 Å². The van der Waals surface area contributed by atoms with Crippen molar-refractivity contribution in [2.75, 3.05) is 0 Å². The van der Waals surface area contributed by atoms with Gasteiger partial charge in [-0.15, -0.1) is 0 Å². The summed E-state index contributed by atoms with van der Waals surface area (Å²) in [6.45, 7) is 5.23. The van der Waals surface area contributed by atoms with Gasteiger partial charge in [0.05, 0.1) is 0 Å². The van der Waals surface area contributed by atoms with E-state index in [4.69, 9.17) is 0 Å². The first kappa shape index (κ1) is 7.00. The SMILES string of the molecule is [CH2]C(=O)c1ccccc1C. The van der Waals surface area contributed by atoms with Crippen molar-refractivity contribution in [1.82, 2.24) is 0 Å². The molecule has 0 aliphatic rings. The highest BCUT2D eigenvalue weighted by molar-refractivity contribution is 6.00. The van der Waals surface area contributed by atoms with Gasteiger partial charge in [-0.1, -0.05) is 24.3 Å². The second-order valence-corrected chi connectivity index (χ2v) is 2.24. The molecule has 0 N–H and O–H groups in total. The van der Waals surface area contributed by atoms with Crippen LogP contribution in [0.1, 0.15) is 15.9 Å². The molecule has 0 aliphatic heterocycles. The lowest BCUT2D eigenvalue weighted by Crippen LogP contribution is -1.94. The zero-order valence-corrected chi connectivity index (χ0v) is 5.92. The molecule has 0 bridgehead atoms. The lowest BCUT2D eigenvalue weighted by Gasteiger charge is -1.97. The van der Waals surface area contributed by atoms with Crippen molar-refractivity contribution in [1.29, 1.82) is 0 Å². The second-order valence-electron chi connectivity index (χ2n) is 2.24. The molecule has 0 aliphatic carbocycles. The van der Waals surface area contributed by atoms with Gasteiger partial charge in [0.15, 0.2) is 5.78 Å². The molecule has 1 heteroatoms. The standard InChI is InChI=1S/C9H9O/c1-7-5-3-4-6-9(7)8(2)10/h3-6H,2H2,1H3. The van der Waals surface area contributed by atoms with E-state index in [-0.39, 0.29) is 5.78 Å². The van der Waals surface area contributed by atoms with E-state index in [1.54, 1.807) is 6.07 Å². The van der Waals surface area contributed by atoms with Crippen LogP contribution in [0.3, 0.4) is 0 Å². The third-order valence-corrected chi connectivity index (χ3v) is 1.45. The predicted molar refractivity (Wildman–Crippen MR) is 40.9 cm³/mol. The molecule has 10 heavy (non-hydrogen) atoms. The molecule has 0 fully saturated rings. The lowest BCUT2D eigenvalue weighted by atomic mass is 10.1. The monoisotopic (exact) mass is 133 g/mol. The van der Waals surface area contributed by atoms with Crippen LogP contribution in [-0.2, 0) is 0 Å². The van der Waals surface area contributed by atoms with Gasteiger partial charge < -0.3 is 0 Å². The van der Waals surface area contributed by atoms with Crippen LogP contribution in [0.15, 0.2) is 24.3 Å². The van der Waals surface area contributed by atoms with Crippen LogP contribution >= 0.6 is 0 Å². The fourth-order valence-electron chi connectivity index (χ4n) is 0.886. The van der Waals surface area contributed by atoms with Crippen LogP contribution in [-0.4, -0.2) is 5.78 Å². The van der Waals surface area contributed by atoms with E-state index in [1.165, 1.54) is 0 Å². The molecule has 1 aromatic rings. The normalized spacial score (nSPS) is 9.40. The van der Waals surface area contributed by atoms with E-state index in [1.807, 2.05) is 25.1 Å². The van der Waals surface area contributed by atoms with E-state index in [0.29, 0.717) is 5.56 Å². The van der Waals surface area contributed by atoms with Crippen molar-refractivity contribution in [2.45, 2.75) is 6.92 Å². The zero-order valence-electron chi connectivity index (χ0n) is 5.92. The molecular formula is C9H9O. The van der Waals surface area contributed by atoms with Crippen molar-refractivity contribution >= 4 is 5.78 Å². The quantitative estimate of drug-likeness (QED) is 0.535. The summed E-state index contributed by atoms with van der Waals surface area (Å²) < 4.78 is 0. The molecule has 1 rings (SSSR count). The zero-order chi connectivity index (χ0) is 7.56. The summed E-state index contributed by atoms with van der Waals surface area (Å²) >= 11 is 0. The Balaban J connectivity index is 3.15. The highest BCUT2D eigenvalue weighted by Gasteiger charge is 1.99. The number of carbonyl (C=O) groups excluding carboxylic acids is 1. The van der Waals surface area contributed by atoms with Gasteiger partial charge in [0.1, 0.15) is 0 Å². The summed E-state index contributed by atoms with van der Waals surface area (Å²) in [6, 6.07) is 7.43. The predicted octanol–water partition coefficient (Wildman–Crippen LogP) is 2.01. The van der Waals surface area contributed by atoms with Crippen LogP contribution in [0.2, 0.25) is 0 Å². The Morgan fingerprint density at radius 2 is 2.00 bits per heavy atom. The first-order valence-corrected chi connectivity index (χ1v) is 3.14. The third-order valence-electron chi connectivity index (χ3n) is 1.45. The maximum Gasteiger partial charge on any atom is 0.163 e. The molecule has 0 spiro atoms. The highest BCUT2D eigenvalue weighted by atomic mass is 16.1. The Morgan fingerprint density at radius 3 is 2.40 bits per heavy atom. The molecule has 0 unspecified atom stereocenters. The number of aryl methyl sites for hydroxylation is 1. The van der Waals surface area contributed by atoms with Crippen molar-refractivity contribution in [3.8, 4) is 0 Å². The van der Waals surface area contributed by atoms with E-state index >= 15 is 0 Å². The first-order valence-electron chi connectivity index (χ1n) is 3.14. The minimum atomic E-state index is -0.113. The molecule has 0 saturated heterocycles. The Morgan fingerprint density at radius 1 is 1.40 bits per heavy atom. The molecule has 51 valence electrons. The molecule has 0 atom stereocenters. The number of rotatable bonds is 1. The largest absolute Gasteiger partial charge is 0.294 e. The minimum Gasteiger partial charge on any atom is -0.294 e. The number of benzene rings is 1. The van der Waals surface area contributed by atoms with Crippen molar-refractivity contribution in [3.63, 3.8) is 0 Å². The number of hydrogen-bond acceptors (Lipinski definition) is 1. The van der Waals surface area contributed by atoms with Gasteiger partial charge >= 0.3 is 0 Å². The number of Topliss-reactive ketones (excluding diaryl/α,β-unsaturated/α-hetero) is 1. The Kier molecular flexibility index (Phi) is 1.86. The highest BCUT2D eigenvalue weighted by Crippen LogP contribution is 2.06. The number of carbonyl (C=O) groups is 1. The van der Waals surface area contributed by atoms with Crippen LogP contribution in [0, 0.1) is 13.8 Å². The summed E-state index contributed by atoms with van der Waals surface area (Å²) in [5.41, 5.74) is 1.70. The van der Waals surface area contributed by atoms with Gasteiger partial charge in [-0.05, 0) is 12.5 Å². The van der Waals surface area contributed by atoms with Crippen molar-refractivity contribution in [3.05, 3.63) is 42.3 Å². The average Bonchev–Trinajstić information content (AvgIpc) is 1.88. The van der Waals surface area contributed by atoms with E-state index in [9.17, 15) is 4.79 Å². The van der Waals surface area contributed by atoms with Crippen molar-refractivity contribution in [2.24, 2.45) is 0 Å². The van der Waals surface area contributed by atoms with Gasteiger partial charge in [0, 0.05) is 12.5 Å². The molecule has 0 amide bonds. The summed E-state index contributed by atoms with van der Waals surface area (Å²) in [5, 5.41) is 0. The minimum absolute atomic E-state index is 0.113. The Labute approximate surface area is 60.7 Å². The summed E-state index contributed by atoms with van der Waals surface area (Å²) in [7, 11) is 0. The molecule has 1 radical (unpaired) electrons. The summed E-state index contributed by atoms with van der Waals surface area (Å²) in [4.78, 5) is 10.8. The van der Waals surface area contributed by atoms with Crippen molar-refractivity contribution < 1.29 is 4.79 Å². The van der Waals surface area contributed by atoms with Crippen LogP contribution < -0.4 is 0 Å². The molecule has 0 saturated carbocycles. The lowest BCUT2D eigenvalue weighted by molar-refractivity contribution is 0.104. The van der Waals surface area contributed by atoms with Gasteiger partial charge in [0.25, 0.3) is 0 Å². The summed E-state index contributed by atoms with van der Waals surface area (Å²) in [6.07, 6.45) is 0. The second kappa shape index (κ2) is 2.65. The average molecular weight is 133 g/mol. The maximum atomic E-state index is 10.8. The number of ketones is 1. The smallest absolute Gasteiger partial charge is 0.163 e. The molecule has 0 heterocycles. The maximum absolute atomic E-state index is 10.8. The molecule has 1 nitrogen and oxygen atoms in total. The fraction of sp³-hybridized carbons (Fsp3) is 0.111. The fourth-order valence-corrected chi connectivity index (χ4v) is 0.886. The third kappa shape index (κ3) is 1.24. The van der Waals surface area contributed by atoms with E-state index in [2.05, 4.69) is 6.92 Å². The molecule has 0 aromatic heterocycles. The van der Waals surface area contributed by atoms with Gasteiger partial charge in [-0.2, -0.15) is 0 Å². The van der Waals surface area contributed by atoms with Gasteiger partial charge in [-0.25, -0.2) is 0 Å². The Bertz CT molecular complexity index is 251. The Hall–Kier alpha value is -1.11. The summed E-state index contributed by atoms with van der Waals surface area (Å²) in [5.74, 6) is -0.113. The van der Waals surface area contributed by atoms with E-state index in [0.717, 1.165) is 5.56 Å². The van der Waals surface area contributed by atoms with Crippen LogP contribution in [0.25, 0.3) is 0 Å². The van der Waals surface area contributed by atoms with Crippen LogP contribution in [0.4, 0.5) is 0 Å². The molecular weight excluding hydrogens is 124 g/mol. The number of hydrogen-bond donors (Lipinski definition) is 0. The first-order chi connectivity index (χ1) is 4.72. The van der Waals surface area contributed by atoms with Gasteiger partial charge in [-0.3, -0.25) is 4.79 Å².